The van der Waals surface area contributed by atoms with Gasteiger partial charge in [0.05, 0.1) is 11.6 Å². The maximum Gasteiger partial charge on any atom is 0.253 e. The van der Waals surface area contributed by atoms with Crippen LogP contribution in [-0.4, -0.2) is 31.5 Å². The summed E-state index contributed by atoms with van der Waals surface area (Å²) in [6, 6.07) is 5.36. The summed E-state index contributed by atoms with van der Waals surface area (Å²) in [5.41, 5.74) is 0.667. The van der Waals surface area contributed by atoms with Crippen LogP contribution in [0.5, 0.6) is 5.75 Å². The van der Waals surface area contributed by atoms with Crippen LogP contribution in [0.2, 0.25) is 0 Å². The molecule has 0 N–H and O–H groups in total. The molecule has 1 amide bonds. The Hall–Kier alpha value is -1.03. The van der Waals surface area contributed by atoms with Gasteiger partial charge in [0.15, 0.2) is 0 Å². The number of hydrogen-bond acceptors (Lipinski definition) is 2. The van der Waals surface area contributed by atoms with E-state index in [2.05, 4.69) is 29.8 Å². The minimum Gasteiger partial charge on any atom is -0.496 e. The van der Waals surface area contributed by atoms with Crippen LogP contribution in [0.25, 0.3) is 0 Å². The van der Waals surface area contributed by atoms with Gasteiger partial charge in [-0.15, -0.1) is 0 Å². The fourth-order valence-corrected chi connectivity index (χ4v) is 2.19. The largest absolute Gasteiger partial charge is 0.496 e. The van der Waals surface area contributed by atoms with Crippen molar-refractivity contribution in [2.24, 2.45) is 5.92 Å². The molecule has 0 heterocycles. The summed E-state index contributed by atoms with van der Waals surface area (Å²) in [4.78, 5) is 13.8. The first-order valence-corrected chi connectivity index (χ1v) is 6.34. The van der Waals surface area contributed by atoms with Gasteiger partial charge in [-0.2, -0.15) is 0 Å². The molecule has 0 unspecified atom stereocenters. The van der Waals surface area contributed by atoms with Gasteiger partial charge in [0.25, 0.3) is 5.91 Å². The molecular weight excluding hydrogens is 282 g/mol. The number of rotatable bonds is 4. The summed E-state index contributed by atoms with van der Waals surface area (Å²) >= 11 is 3.38. The van der Waals surface area contributed by atoms with Crippen molar-refractivity contribution in [3.05, 3.63) is 28.2 Å². The lowest BCUT2D eigenvalue weighted by atomic mass is 10.1. The first-order valence-electron chi connectivity index (χ1n) is 5.54. The van der Waals surface area contributed by atoms with Crippen molar-refractivity contribution in [3.63, 3.8) is 0 Å². The van der Waals surface area contributed by atoms with Gasteiger partial charge in [-0.3, -0.25) is 4.79 Å². The summed E-state index contributed by atoms with van der Waals surface area (Å²) in [5.74, 6) is 1.22. The number of amides is 1. The SMILES string of the molecule is COc1ccc(C(=O)N(C)CC(C)C)cc1Br. The Kier molecular flexibility index (Phi) is 5.00. The van der Waals surface area contributed by atoms with Crippen molar-refractivity contribution in [1.82, 2.24) is 4.90 Å². The Morgan fingerprint density at radius 2 is 2.12 bits per heavy atom. The second-order valence-corrected chi connectivity index (χ2v) is 5.28. The standard InChI is InChI=1S/C13H18BrNO2/c1-9(2)8-15(3)13(16)10-5-6-12(17-4)11(14)7-10/h5-7,9H,8H2,1-4H3. The van der Waals surface area contributed by atoms with Crippen molar-refractivity contribution in [1.29, 1.82) is 0 Å². The monoisotopic (exact) mass is 299 g/mol. The van der Waals surface area contributed by atoms with Gasteiger partial charge in [-0.1, -0.05) is 13.8 Å². The Balaban J connectivity index is 2.86. The van der Waals surface area contributed by atoms with Crippen LogP contribution < -0.4 is 4.74 Å². The Morgan fingerprint density at radius 1 is 1.47 bits per heavy atom. The van der Waals surface area contributed by atoms with Crippen LogP contribution in [0.4, 0.5) is 0 Å². The average Bonchev–Trinajstić information content (AvgIpc) is 2.27. The van der Waals surface area contributed by atoms with Crippen molar-refractivity contribution < 1.29 is 9.53 Å². The van der Waals surface area contributed by atoms with Gasteiger partial charge in [-0.25, -0.2) is 0 Å². The zero-order valence-electron chi connectivity index (χ0n) is 10.7. The fraction of sp³-hybridized carbons (Fsp3) is 0.462. The van der Waals surface area contributed by atoms with E-state index in [1.807, 2.05) is 7.05 Å². The van der Waals surface area contributed by atoms with E-state index in [0.29, 0.717) is 11.5 Å². The lowest BCUT2D eigenvalue weighted by Crippen LogP contribution is -2.30. The molecule has 94 valence electrons. The van der Waals surface area contributed by atoms with Crippen LogP contribution in [0.15, 0.2) is 22.7 Å². The molecule has 1 rings (SSSR count). The zero-order valence-corrected chi connectivity index (χ0v) is 12.2. The summed E-state index contributed by atoms with van der Waals surface area (Å²) in [5, 5.41) is 0. The van der Waals surface area contributed by atoms with Crippen LogP contribution >= 0.6 is 15.9 Å². The number of hydrogen-bond donors (Lipinski definition) is 0. The first-order chi connectivity index (χ1) is 7.95. The number of carbonyl (C=O) groups excluding carboxylic acids is 1. The highest BCUT2D eigenvalue weighted by Crippen LogP contribution is 2.25. The van der Waals surface area contributed by atoms with E-state index < -0.39 is 0 Å². The van der Waals surface area contributed by atoms with E-state index in [1.54, 1.807) is 30.2 Å². The molecule has 0 aliphatic rings. The van der Waals surface area contributed by atoms with E-state index in [0.717, 1.165) is 16.8 Å². The highest BCUT2D eigenvalue weighted by Gasteiger charge is 2.14. The predicted molar refractivity (Wildman–Crippen MR) is 72.5 cm³/mol. The van der Waals surface area contributed by atoms with E-state index in [4.69, 9.17) is 4.74 Å². The number of nitrogens with zero attached hydrogens (tertiary/aromatic N) is 1. The van der Waals surface area contributed by atoms with E-state index >= 15 is 0 Å². The summed E-state index contributed by atoms with van der Waals surface area (Å²) in [6.07, 6.45) is 0. The van der Waals surface area contributed by atoms with Crippen LogP contribution in [0, 0.1) is 5.92 Å². The molecule has 0 bridgehead atoms. The molecule has 4 heteroatoms. The first kappa shape index (κ1) is 14.0. The third-order valence-corrected chi connectivity index (χ3v) is 3.00. The quantitative estimate of drug-likeness (QED) is 0.854. The van der Waals surface area contributed by atoms with Gasteiger partial charge >= 0.3 is 0 Å². The molecule has 0 aliphatic heterocycles. The molecule has 0 saturated carbocycles. The molecule has 0 aliphatic carbocycles. The topological polar surface area (TPSA) is 29.5 Å². The molecule has 1 aromatic rings. The second-order valence-electron chi connectivity index (χ2n) is 4.43. The maximum atomic E-state index is 12.1. The van der Waals surface area contributed by atoms with Gasteiger partial charge in [0.2, 0.25) is 0 Å². The third-order valence-electron chi connectivity index (χ3n) is 2.38. The summed E-state index contributed by atoms with van der Waals surface area (Å²) < 4.78 is 5.93. The smallest absolute Gasteiger partial charge is 0.253 e. The van der Waals surface area contributed by atoms with Gasteiger partial charge in [-0.05, 0) is 40.0 Å². The van der Waals surface area contributed by atoms with Crippen molar-refractivity contribution in [2.45, 2.75) is 13.8 Å². The number of methoxy groups -OCH3 is 1. The summed E-state index contributed by atoms with van der Waals surface area (Å²) in [7, 11) is 3.42. The van der Waals surface area contributed by atoms with Crippen molar-refractivity contribution in [3.8, 4) is 5.75 Å². The lowest BCUT2D eigenvalue weighted by Gasteiger charge is -2.19. The number of halogens is 1. The van der Waals surface area contributed by atoms with Crippen molar-refractivity contribution in [2.75, 3.05) is 20.7 Å². The van der Waals surface area contributed by atoms with E-state index in [1.165, 1.54) is 0 Å². The molecule has 0 spiro atoms. The molecule has 1 aromatic carbocycles. The van der Waals surface area contributed by atoms with Gasteiger partial charge < -0.3 is 9.64 Å². The number of carbonyl (C=O) groups is 1. The third kappa shape index (κ3) is 3.73. The molecule has 0 aromatic heterocycles. The molecule has 0 radical (unpaired) electrons. The minimum atomic E-state index is 0.0297. The summed E-state index contributed by atoms with van der Waals surface area (Å²) in [6.45, 7) is 4.93. The van der Waals surface area contributed by atoms with Crippen LogP contribution in [0.3, 0.4) is 0 Å². The minimum absolute atomic E-state index is 0.0297. The molecule has 0 saturated heterocycles. The Labute approximate surface area is 111 Å². The zero-order chi connectivity index (χ0) is 13.0. The fourth-order valence-electron chi connectivity index (χ4n) is 1.65. The highest BCUT2D eigenvalue weighted by atomic mass is 79.9. The average molecular weight is 300 g/mol. The molecule has 0 fully saturated rings. The lowest BCUT2D eigenvalue weighted by molar-refractivity contribution is 0.0779. The number of ether oxygens (including phenoxy) is 1. The van der Waals surface area contributed by atoms with Gasteiger partial charge in [0.1, 0.15) is 5.75 Å². The Morgan fingerprint density at radius 3 is 2.59 bits per heavy atom. The predicted octanol–water partition coefficient (Wildman–Crippen LogP) is 3.19. The normalized spacial score (nSPS) is 10.5. The van der Waals surface area contributed by atoms with E-state index in [-0.39, 0.29) is 5.91 Å². The van der Waals surface area contributed by atoms with Crippen LogP contribution in [0.1, 0.15) is 24.2 Å². The van der Waals surface area contributed by atoms with E-state index in [9.17, 15) is 4.79 Å². The molecule has 0 atom stereocenters. The van der Waals surface area contributed by atoms with Gasteiger partial charge in [0, 0.05) is 19.2 Å². The van der Waals surface area contributed by atoms with Crippen molar-refractivity contribution >= 4 is 21.8 Å². The molecule has 17 heavy (non-hydrogen) atoms. The van der Waals surface area contributed by atoms with Crippen LogP contribution in [-0.2, 0) is 0 Å². The maximum absolute atomic E-state index is 12.1. The number of benzene rings is 1. The highest BCUT2D eigenvalue weighted by molar-refractivity contribution is 9.10. The second kappa shape index (κ2) is 6.05. The molecular formula is C13H18BrNO2. The molecule has 3 nitrogen and oxygen atoms in total. The Bertz CT molecular complexity index is 404.